The molecule has 2 aromatic rings. The highest BCUT2D eigenvalue weighted by Gasteiger charge is 2.14. The molecule has 0 radical (unpaired) electrons. The second kappa shape index (κ2) is 7.27. The molecule has 2 rings (SSSR count). The number of rotatable bonds is 5. The van der Waals surface area contributed by atoms with Crippen molar-refractivity contribution < 1.29 is 4.79 Å². The lowest BCUT2D eigenvalue weighted by Gasteiger charge is -2.22. The Morgan fingerprint density at radius 2 is 2.10 bits per heavy atom. The Bertz CT molecular complexity index is 593. The Morgan fingerprint density at radius 1 is 1.29 bits per heavy atom. The van der Waals surface area contributed by atoms with E-state index in [2.05, 4.69) is 24.4 Å². The predicted molar refractivity (Wildman–Crippen MR) is 90.0 cm³/mol. The zero-order chi connectivity index (χ0) is 15.2. The first kappa shape index (κ1) is 15.6. The summed E-state index contributed by atoms with van der Waals surface area (Å²) in [5.41, 5.74) is 3.13. The lowest BCUT2D eigenvalue weighted by Crippen LogP contribution is -2.35. The van der Waals surface area contributed by atoms with E-state index in [1.807, 2.05) is 42.3 Å². The smallest absolute Gasteiger partial charge is 0.319 e. The predicted octanol–water partition coefficient (Wildman–Crippen LogP) is 4.81. The summed E-state index contributed by atoms with van der Waals surface area (Å²) in [5.74, 6) is 0. The van der Waals surface area contributed by atoms with Crippen molar-refractivity contribution in [3.63, 3.8) is 0 Å². The highest BCUT2D eigenvalue weighted by molar-refractivity contribution is 7.09. The van der Waals surface area contributed by atoms with Crippen LogP contribution in [-0.2, 0) is 6.54 Å². The van der Waals surface area contributed by atoms with Crippen LogP contribution in [0, 0.1) is 13.8 Å². The number of hydrogen-bond acceptors (Lipinski definition) is 2. The molecule has 0 aliphatic rings. The molecular formula is C17H22N2OS. The van der Waals surface area contributed by atoms with E-state index in [0.29, 0.717) is 6.54 Å². The van der Waals surface area contributed by atoms with Crippen LogP contribution in [0.5, 0.6) is 0 Å². The molecule has 0 aliphatic heterocycles. The van der Waals surface area contributed by atoms with Crippen molar-refractivity contribution in [2.75, 3.05) is 11.9 Å². The van der Waals surface area contributed by atoms with Gasteiger partial charge in [0, 0.05) is 17.1 Å². The molecule has 0 aliphatic carbocycles. The third-order valence-electron chi connectivity index (χ3n) is 3.34. The topological polar surface area (TPSA) is 32.3 Å². The minimum atomic E-state index is -0.0287. The highest BCUT2D eigenvalue weighted by atomic mass is 32.1. The van der Waals surface area contributed by atoms with Gasteiger partial charge >= 0.3 is 6.03 Å². The summed E-state index contributed by atoms with van der Waals surface area (Å²) in [6.07, 6.45) is 0.950. The first-order valence-corrected chi connectivity index (χ1v) is 8.13. The van der Waals surface area contributed by atoms with Crippen molar-refractivity contribution in [2.24, 2.45) is 0 Å². The van der Waals surface area contributed by atoms with Gasteiger partial charge in [-0.25, -0.2) is 4.79 Å². The molecule has 4 heteroatoms. The molecule has 3 nitrogen and oxygen atoms in total. The first-order valence-electron chi connectivity index (χ1n) is 7.25. The van der Waals surface area contributed by atoms with Crippen molar-refractivity contribution in [1.82, 2.24) is 4.90 Å². The van der Waals surface area contributed by atoms with Gasteiger partial charge in [-0.05, 0) is 48.9 Å². The minimum Gasteiger partial charge on any atom is -0.319 e. The standard InChI is InChI=1S/C17H22N2OS/c1-4-9-19(12-15-6-5-10-21-15)17(20)18-16-11-13(2)7-8-14(16)3/h5-8,10-11H,4,9,12H2,1-3H3,(H,18,20). The lowest BCUT2D eigenvalue weighted by molar-refractivity contribution is 0.209. The fraction of sp³-hybridized carbons (Fsp3) is 0.353. The minimum absolute atomic E-state index is 0.0287. The van der Waals surface area contributed by atoms with Gasteiger partial charge in [0.2, 0.25) is 0 Å². The zero-order valence-corrected chi connectivity index (χ0v) is 13.7. The number of amides is 2. The maximum absolute atomic E-state index is 12.5. The van der Waals surface area contributed by atoms with Crippen molar-refractivity contribution in [3.8, 4) is 0 Å². The van der Waals surface area contributed by atoms with Crippen LogP contribution < -0.4 is 5.32 Å². The van der Waals surface area contributed by atoms with E-state index >= 15 is 0 Å². The van der Waals surface area contributed by atoms with Gasteiger partial charge in [0.1, 0.15) is 0 Å². The van der Waals surface area contributed by atoms with Gasteiger partial charge < -0.3 is 10.2 Å². The monoisotopic (exact) mass is 302 g/mol. The molecule has 2 amide bonds. The number of aryl methyl sites for hydroxylation is 2. The van der Waals surface area contributed by atoms with Crippen LogP contribution in [0.25, 0.3) is 0 Å². The summed E-state index contributed by atoms with van der Waals surface area (Å²) in [6, 6.07) is 10.2. The quantitative estimate of drug-likeness (QED) is 0.844. The average Bonchev–Trinajstić information content (AvgIpc) is 2.95. The van der Waals surface area contributed by atoms with E-state index in [4.69, 9.17) is 0 Å². The van der Waals surface area contributed by atoms with Crippen molar-refractivity contribution >= 4 is 23.1 Å². The van der Waals surface area contributed by atoms with Gasteiger partial charge in [-0.3, -0.25) is 0 Å². The largest absolute Gasteiger partial charge is 0.322 e. The molecule has 0 saturated carbocycles. The van der Waals surface area contributed by atoms with Gasteiger partial charge in [0.15, 0.2) is 0 Å². The van der Waals surface area contributed by atoms with E-state index < -0.39 is 0 Å². The molecule has 0 unspecified atom stereocenters. The summed E-state index contributed by atoms with van der Waals surface area (Å²) in [4.78, 5) is 15.6. The molecular weight excluding hydrogens is 280 g/mol. The normalized spacial score (nSPS) is 10.4. The molecule has 1 aromatic heterocycles. The Hall–Kier alpha value is -1.81. The van der Waals surface area contributed by atoms with E-state index in [0.717, 1.165) is 29.8 Å². The van der Waals surface area contributed by atoms with Crippen molar-refractivity contribution in [1.29, 1.82) is 0 Å². The van der Waals surface area contributed by atoms with Crippen molar-refractivity contribution in [3.05, 3.63) is 51.7 Å². The third-order valence-corrected chi connectivity index (χ3v) is 4.20. The Kier molecular flexibility index (Phi) is 5.39. The van der Waals surface area contributed by atoms with Crippen LogP contribution >= 0.6 is 11.3 Å². The fourth-order valence-corrected chi connectivity index (χ4v) is 2.90. The van der Waals surface area contributed by atoms with E-state index in [1.54, 1.807) is 11.3 Å². The van der Waals surface area contributed by atoms with Crippen LogP contribution in [0.15, 0.2) is 35.7 Å². The SMILES string of the molecule is CCCN(Cc1cccs1)C(=O)Nc1cc(C)ccc1C. The van der Waals surface area contributed by atoms with E-state index in [-0.39, 0.29) is 6.03 Å². The Balaban J connectivity index is 2.09. The third kappa shape index (κ3) is 4.33. The number of carbonyl (C=O) groups excluding carboxylic acids is 1. The Morgan fingerprint density at radius 3 is 2.76 bits per heavy atom. The second-order valence-corrected chi connectivity index (χ2v) is 6.28. The van der Waals surface area contributed by atoms with Crippen LogP contribution in [0.2, 0.25) is 0 Å². The van der Waals surface area contributed by atoms with Crippen LogP contribution in [-0.4, -0.2) is 17.5 Å². The summed E-state index contributed by atoms with van der Waals surface area (Å²) in [7, 11) is 0. The number of nitrogens with zero attached hydrogens (tertiary/aromatic N) is 1. The number of thiophene rings is 1. The van der Waals surface area contributed by atoms with Gasteiger partial charge in [-0.15, -0.1) is 11.3 Å². The van der Waals surface area contributed by atoms with Crippen LogP contribution in [0.3, 0.4) is 0 Å². The summed E-state index contributed by atoms with van der Waals surface area (Å²) >= 11 is 1.68. The molecule has 0 saturated heterocycles. The number of urea groups is 1. The molecule has 0 fully saturated rings. The molecule has 21 heavy (non-hydrogen) atoms. The molecule has 0 bridgehead atoms. The average molecular weight is 302 g/mol. The van der Waals surface area contributed by atoms with Crippen LogP contribution in [0.1, 0.15) is 29.3 Å². The number of anilines is 1. The molecule has 1 aromatic carbocycles. The number of carbonyl (C=O) groups is 1. The maximum Gasteiger partial charge on any atom is 0.322 e. The number of hydrogen-bond donors (Lipinski definition) is 1. The van der Waals surface area contributed by atoms with Gasteiger partial charge in [-0.2, -0.15) is 0 Å². The second-order valence-electron chi connectivity index (χ2n) is 5.25. The molecule has 0 spiro atoms. The summed E-state index contributed by atoms with van der Waals surface area (Å²) in [6.45, 7) is 7.56. The van der Waals surface area contributed by atoms with Gasteiger partial charge in [-0.1, -0.05) is 25.1 Å². The molecule has 1 N–H and O–H groups in total. The molecule has 112 valence electrons. The summed E-state index contributed by atoms with van der Waals surface area (Å²) < 4.78 is 0. The number of nitrogens with one attached hydrogen (secondary N) is 1. The van der Waals surface area contributed by atoms with Gasteiger partial charge in [0.05, 0.1) is 6.54 Å². The molecule has 0 atom stereocenters. The Labute approximate surface area is 130 Å². The fourth-order valence-electron chi connectivity index (χ4n) is 2.18. The maximum atomic E-state index is 12.5. The van der Waals surface area contributed by atoms with Gasteiger partial charge in [0.25, 0.3) is 0 Å². The van der Waals surface area contributed by atoms with Crippen LogP contribution in [0.4, 0.5) is 10.5 Å². The number of benzene rings is 1. The highest BCUT2D eigenvalue weighted by Crippen LogP contribution is 2.18. The molecule has 1 heterocycles. The summed E-state index contributed by atoms with van der Waals surface area (Å²) in [5, 5.41) is 5.08. The zero-order valence-electron chi connectivity index (χ0n) is 12.8. The van der Waals surface area contributed by atoms with E-state index in [1.165, 1.54) is 4.88 Å². The lowest BCUT2D eigenvalue weighted by atomic mass is 10.1. The first-order chi connectivity index (χ1) is 10.1. The van der Waals surface area contributed by atoms with E-state index in [9.17, 15) is 4.79 Å². The van der Waals surface area contributed by atoms with Crippen molar-refractivity contribution in [2.45, 2.75) is 33.7 Å².